The van der Waals surface area contributed by atoms with Gasteiger partial charge in [0, 0.05) is 11.1 Å². The number of thiophene rings is 1. The largest absolute Gasteiger partial charge is 0.482 e. The summed E-state index contributed by atoms with van der Waals surface area (Å²) < 4.78 is 10.6. The molecule has 0 aliphatic carbocycles. The SMILES string of the molecule is O=C(COc1cc(Cl)ccc1Cl)N/N=C\c1cccc(OC(=O)c2cccs2)c1. The number of carbonyl (C=O) groups is 2. The topological polar surface area (TPSA) is 77.0 Å². The molecule has 0 bridgehead atoms. The first-order valence-corrected chi connectivity index (χ1v) is 9.90. The summed E-state index contributed by atoms with van der Waals surface area (Å²) in [5.74, 6) is -0.229. The standard InChI is InChI=1S/C20H14Cl2N2O4S/c21-14-6-7-16(22)17(10-14)27-12-19(25)24-23-11-13-3-1-4-15(9-13)28-20(26)18-5-2-8-29-18/h1-11H,12H2,(H,24,25)/b23-11-. The van der Waals surface area contributed by atoms with Gasteiger partial charge in [0.15, 0.2) is 6.61 Å². The maximum atomic E-state index is 12.0. The third-order valence-electron chi connectivity index (χ3n) is 3.45. The van der Waals surface area contributed by atoms with Gasteiger partial charge in [-0.25, -0.2) is 10.2 Å². The highest BCUT2D eigenvalue weighted by Crippen LogP contribution is 2.27. The van der Waals surface area contributed by atoms with Crippen LogP contribution in [0.25, 0.3) is 0 Å². The molecule has 6 nitrogen and oxygen atoms in total. The minimum atomic E-state index is -0.474. The number of benzene rings is 2. The number of carbonyl (C=O) groups excluding carboxylic acids is 2. The van der Waals surface area contributed by atoms with Gasteiger partial charge in [-0.1, -0.05) is 41.4 Å². The Balaban J connectivity index is 1.51. The van der Waals surface area contributed by atoms with Gasteiger partial charge in [-0.15, -0.1) is 11.3 Å². The number of halogens is 2. The van der Waals surface area contributed by atoms with Crippen molar-refractivity contribution in [2.24, 2.45) is 5.10 Å². The molecule has 1 heterocycles. The first-order valence-electron chi connectivity index (χ1n) is 8.27. The number of hydrazone groups is 1. The lowest BCUT2D eigenvalue weighted by Gasteiger charge is -2.07. The number of nitrogens with one attached hydrogen (secondary N) is 1. The number of ether oxygens (including phenoxy) is 2. The molecule has 0 atom stereocenters. The Labute approximate surface area is 180 Å². The Kier molecular flexibility index (Phi) is 7.24. The van der Waals surface area contributed by atoms with E-state index in [9.17, 15) is 9.59 Å². The van der Waals surface area contributed by atoms with E-state index in [-0.39, 0.29) is 6.61 Å². The van der Waals surface area contributed by atoms with E-state index < -0.39 is 11.9 Å². The normalized spacial score (nSPS) is 10.7. The van der Waals surface area contributed by atoms with E-state index in [1.165, 1.54) is 23.6 Å². The molecule has 29 heavy (non-hydrogen) atoms. The summed E-state index contributed by atoms with van der Waals surface area (Å²) in [7, 11) is 0. The van der Waals surface area contributed by atoms with Crippen molar-refractivity contribution in [2.75, 3.05) is 6.61 Å². The number of rotatable bonds is 7. The number of amides is 1. The van der Waals surface area contributed by atoms with Gasteiger partial charge in [-0.05, 0) is 41.3 Å². The number of hydrogen-bond donors (Lipinski definition) is 1. The maximum Gasteiger partial charge on any atom is 0.353 e. The summed E-state index contributed by atoms with van der Waals surface area (Å²) in [5, 5.41) is 6.45. The summed E-state index contributed by atoms with van der Waals surface area (Å²) in [4.78, 5) is 24.4. The Bertz CT molecular complexity index is 1040. The van der Waals surface area contributed by atoms with Crippen LogP contribution in [0.15, 0.2) is 65.1 Å². The maximum absolute atomic E-state index is 12.0. The van der Waals surface area contributed by atoms with E-state index in [4.69, 9.17) is 32.7 Å². The van der Waals surface area contributed by atoms with Crippen molar-refractivity contribution in [2.45, 2.75) is 0 Å². The third-order valence-corrected chi connectivity index (χ3v) is 4.84. The molecule has 3 rings (SSSR count). The van der Waals surface area contributed by atoms with E-state index in [1.54, 1.807) is 53.9 Å². The molecular weight excluding hydrogens is 435 g/mol. The van der Waals surface area contributed by atoms with Crippen LogP contribution >= 0.6 is 34.5 Å². The minimum Gasteiger partial charge on any atom is -0.482 e. The van der Waals surface area contributed by atoms with Crippen molar-refractivity contribution in [3.63, 3.8) is 0 Å². The molecule has 1 amide bonds. The Morgan fingerprint density at radius 2 is 1.97 bits per heavy atom. The van der Waals surface area contributed by atoms with E-state index >= 15 is 0 Å². The van der Waals surface area contributed by atoms with Gasteiger partial charge in [0.05, 0.1) is 11.2 Å². The summed E-state index contributed by atoms with van der Waals surface area (Å²) in [6.07, 6.45) is 1.42. The summed E-state index contributed by atoms with van der Waals surface area (Å²) >= 11 is 13.1. The van der Waals surface area contributed by atoms with Gasteiger partial charge >= 0.3 is 5.97 Å². The lowest BCUT2D eigenvalue weighted by atomic mass is 10.2. The van der Waals surface area contributed by atoms with Gasteiger partial charge < -0.3 is 9.47 Å². The summed E-state index contributed by atoms with van der Waals surface area (Å²) in [6.45, 7) is -0.282. The zero-order valence-corrected chi connectivity index (χ0v) is 17.1. The molecule has 1 N–H and O–H groups in total. The predicted molar refractivity (Wildman–Crippen MR) is 113 cm³/mol. The van der Waals surface area contributed by atoms with Gasteiger partial charge in [0.2, 0.25) is 0 Å². The first-order chi connectivity index (χ1) is 14.0. The van der Waals surface area contributed by atoms with Crippen molar-refractivity contribution in [3.05, 3.63) is 80.5 Å². The van der Waals surface area contributed by atoms with Crippen LogP contribution in [0.4, 0.5) is 0 Å². The highest BCUT2D eigenvalue weighted by atomic mass is 35.5. The molecule has 2 aromatic carbocycles. The molecule has 0 saturated heterocycles. The Morgan fingerprint density at radius 3 is 2.76 bits per heavy atom. The molecule has 1 aromatic heterocycles. The quantitative estimate of drug-likeness (QED) is 0.243. The van der Waals surface area contributed by atoms with Crippen LogP contribution in [0, 0.1) is 0 Å². The fourth-order valence-corrected chi connectivity index (χ4v) is 3.09. The second kappa shape index (κ2) is 10.1. The van der Waals surface area contributed by atoms with Gasteiger partial charge in [0.25, 0.3) is 5.91 Å². The third kappa shape index (κ3) is 6.32. The van der Waals surface area contributed by atoms with E-state index in [2.05, 4.69) is 10.5 Å². The highest BCUT2D eigenvalue weighted by Gasteiger charge is 2.09. The van der Waals surface area contributed by atoms with Crippen molar-refractivity contribution in [1.82, 2.24) is 5.43 Å². The van der Waals surface area contributed by atoms with Crippen LogP contribution in [-0.2, 0) is 4.79 Å². The molecular formula is C20H14Cl2N2O4S. The molecule has 0 fully saturated rings. The lowest BCUT2D eigenvalue weighted by molar-refractivity contribution is -0.123. The summed E-state index contributed by atoms with van der Waals surface area (Å²) in [5.41, 5.74) is 2.98. The smallest absolute Gasteiger partial charge is 0.353 e. The Morgan fingerprint density at radius 1 is 1.10 bits per heavy atom. The van der Waals surface area contributed by atoms with Crippen molar-refractivity contribution >= 4 is 52.6 Å². The summed E-state index contributed by atoms with van der Waals surface area (Å²) in [6, 6.07) is 14.9. The first kappa shape index (κ1) is 20.9. The molecule has 0 radical (unpaired) electrons. The average Bonchev–Trinajstić information content (AvgIpc) is 3.24. The monoisotopic (exact) mass is 448 g/mol. The van der Waals surface area contributed by atoms with Crippen molar-refractivity contribution in [1.29, 1.82) is 0 Å². The molecule has 0 saturated carbocycles. The number of nitrogens with zero attached hydrogens (tertiary/aromatic N) is 1. The fraction of sp³-hybridized carbons (Fsp3) is 0.0500. The minimum absolute atomic E-state index is 0.282. The predicted octanol–water partition coefficient (Wildman–Crippen LogP) is 4.80. The van der Waals surface area contributed by atoms with Crippen molar-refractivity contribution < 1.29 is 19.1 Å². The number of esters is 1. The molecule has 0 aliphatic heterocycles. The van der Waals surface area contributed by atoms with Crippen LogP contribution in [0.1, 0.15) is 15.2 Å². The Hall–Kier alpha value is -2.87. The molecule has 3 aromatic rings. The molecule has 148 valence electrons. The second-order valence-electron chi connectivity index (χ2n) is 5.60. The van der Waals surface area contributed by atoms with Crippen LogP contribution in [0.5, 0.6) is 11.5 Å². The zero-order valence-electron chi connectivity index (χ0n) is 14.8. The average molecular weight is 449 g/mol. The van der Waals surface area contributed by atoms with E-state index in [1.807, 2.05) is 0 Å². The fourth-order valence-electron chi connectivity index (χ4n) is 2.15. The van der Waals surface area contributed by atoms with Gasteiger partial charge in [0.1, 0.15) is 16.4 Å². The highest BCUT2D eigenvalue weighted by molar-refractivity contribution is 7.12. The van der Waals surface area contributed by atoms with E-state index in [0.29, 0.717) is 32.0 Å². The van der Waals surface area contributed by atoms with Crippen molar-refractivity contribution in [3.8, 4) is 11.5 Å². The second-order valence-corrected chi connectivity index (χ2v) is 7.39. The molecule has 0 unspecified atom stereocenters. The van der Waals surface area contributed by atoms with Gasteiger partial charge in [-0.2, -0.15) is 5.10 Å². The van der Waals surface area contributed by atoms with Crippen LogP contribution in [0.2, 0.25) is 10.0 Å². The molecule has 0 spiro atoms. The molecule has 0 aliphatic rings. The zero-order chi connectivity index (χ0) is 20.6. The van der Waals surface area contributed by atoms with Crippen LogP contribution < -0.4 is 14.9 Å². The van der Waals surface area contributed by atoms with E-state index in [0.717, 1.165) is 0 Å². The van der Waals surface area contributed by atoms with Crippen LogP contribution in [-0.4, -0.2) is 24.7 Å². The number of hydrogen-bond acceptors (Lipinski definition) is 6. The lowest BCUT2D eigenvalue weighted by Crippen LogP contribution is -2.24. The van der Waals surface area contributed by atoms with Gasteiger partial charge in [-0.3, -0.25) is 4.79 Å². The molecule has 9 heteroatoms. The van der Waals surface area contributed by atoms with Crippen LogP contribution in [0.3, 0.4) is 0 Å².